The van der Waals surface area contributed by atoms with Gasteiger partial charge in [0.1, 0.15) is 5.75 Å². The molecule has 0 fully saturated rings. The monoisotopic (exact) mass is 294 g/mol. The van der Waals surface area contributed by atoms with Crippen LogP contribution in [0.4, 0.5) is 0 Å². The Balaban J connectivity index is 2.20. The molecule has 0 saturated heterocycles. The topological polar surface area (TPSA) is 61.8 Å². The number of rotatable bonds is 9. The van der Waals surface area contributed by atoms with Crippen molar-refractivity contribution < 1.29 is 23.8 Å². The van der Waals surface area contributed by atoms with Gasteiger partial charge in [0, 0.05) is 6.42 Å². The minimum atomic E-state index is -0.342. The fourth-order valence-corrected chi connectivity index (χ4v) is 1.75. The quantitative estimate of drug-likeness (QED) is 0.517. The van der Waals surface area contributed by atoms with Crippen molar-refractivity contribution in [1.29, 1.82) is 0 Å². The van der Waals surface area contributed by atoms with Crippen LogP contribution in [0.5, 0.6) is 5.75 Å². The molecule has 0 N–H and O–H groups in total. The molecule has 0 radical (unpaired) electrons. The van der Waals surface area contributed by atoms with Crippen LogP contribution in [0, 0.1) is 0 Å². The summed E-state index contributed by atoms with van der Waals surface area (Å²) in [4.78, 5) is 22.7. The second-order valence-electron chi connectivity index (χ2n) is 4.48. The van der Waals surface area contributed by atoms with Crippen LogP contribution in [0.3, 0.4) is 0 Å². The molecule has 0 aliphatic carbocycles. The van der Waals surface area contributed by atoms with Gasteiger partial charge in [0.05, 0.1) is 25.9 Å². The number of benzene rings is 1. The molecule has 0 spiro atoms. The summed E-state index contributed by atoms with van der Waals surface area (Å²) in [7, 11) is 1.38. The maximum Gasteiger partial charge on any atom is 0.338 e. The van der Waals surface area contributed by atoms with Gasteiger partial charge in [-0.25, -0.2) is 4.79 Å². The molecule has 0 saturated carbocycles. The van der Waals surface area contributed by atoms with E-state index in [2.05, 4.69) is 4.74 Å². The smallest absolute Gasteiger partial charge is 0.338 e. The Labute approximate surface area is 125 Å². The van der Waals surface area contributed by atoms with E-state index in [0.717, 1.165) is 25.0 Å². The molecule has 0 aromatic heterocycles. The van der Waals surface area contributed by atoms with E-state index >= 15 is 0 Å². The Bertz CT molecular complexity index is 438. The Hall–Kier alpha value is -2.04. The standard InChI is InChI=1S/C16H22O5/c1-3-20-14-10-8-13(9-11-14)16(18)21-12-6-4-5-7-15(17)19-2/h8-11H,3-7,12H2,1-2H3. The summed E-state index contributed by atoms with van der Waals surface area (Å²) in [5, 5.41) is 0. The molecule has 5 heteroatoms. The summed E-state index contributed by atoms with van der Waals surface area (Å²) >= 11 is 0. The normalized spacial score (nSPS) is 10.0. The van der Waals surface area contributed by atoms with E-state index in [1.54, 1.807) is 24.3 Å². The molecule has 0 unspecified atom stereocenters. The van der Waals surface area contributed by atoms with Crippen molar-refractivity contribution in [3.8, 4) is 5.75 Å². The molecule has 0 amide bonds. The van der Waals surface area contributed by atoms with E-state index in [-0.39, 0.29) is 11.9 Å². The summed E-state index contributed by atoms with van der Waals surface area (Å²) in [6, 6.07) is 6.86. The Morgan fingerprint density at radius 3 is 2.38 bits per heavy atom. The molecule has 0 atom stereocenters. The van der Waals surface area contributed by atoms with Gasteiger partial charge in [0.2, 0.25) is 0 Å². The minimum Gasteiger partial charge on any atom is -0.494 e. The second kappa shape index (κ2) is 9.80. The van der Waals surface area contributed by atoms with E-state index in [4.69, 9.17) is 9.47 Å². The molecule has 1 rings (SSSR count). The lowest BCUT2D eigenvalue weighted by Gasteiger charge is -2.06. The highest BCUT2D eigenvalue weighted by Gasteiger charge is 2.07. The number of ether oxygens (including phenoxy) is 3. The zero-order valence-corrected chi connectivity index (χ0v) is 12.6. The van der Waals surface area contributed by atoms with E-state index in [9.17, 15) is 9.59 Å². The summed E-state index contributed by atoms with van der Waals surface area (Å²) in [6.07, 6.45) is 2.71. The van der Waals surface area contributed by atoms with E-state index in [1.165, 1.54) is 7.11 Å². The van der Waals surface area contributed by atoms with Gasteiger partial charge in [-0.15, -0.1) is 0 Å². The van der Waals surface area contributed by atoms with Gasteiger partial charge >= 0.3 is 11.9 Å². The molecular weight excluding hydrogens is 272 g/mol. The highest BCUT2D eigenvalue weighted by atomic mass is 16.5. The number of methoxy groups -OCH3 is 1. The lowest BCUT2D eigenvalue weighted by atomic mass is 10.2. The molecule has 5 nitrogen and oxygen atoms in total. The average Bonchev–Trinajstić information content (AvgIpc) is 2.51. The van der Waals surface area contributed by atoms with Gasteiger partial charge in [-0.3, -0.25) is 4.79 Å². The number of esters is 2. The van der Waals surface area contributed by atoms with Gasteiger partial charge < -0.3 is 14.2 Å². The Morgan fingerprint density at radius 2 is 1.76 bits per heavy atom. The van der Waals surface area contributed by atoms with Gasteiger partial charge in [0.25, 0.3) is 0 Å². The van der Waals surface area contributed by atoms with Crippen LogP contribution < -0.4 is 4.74 Å². The molecule has 21 heavy (non-hydrogen) atoms. The Kier molecular flexibility index (Phi) is 7.94. The van der Waals surface area contributed by atoms with Crippen LogP contribution in [0.15, 0.2) is 24.3 Å². The van der Waals surface area contributed by atoms with Gasteiger partial charge in [-0.2, -0.15) is 0 Å². The maximum absolute atomic E-state index is 11.8. The first kappa shape index (κ1) is 17.0. The third-order valence-electron chi connectivity index (χ3n) is 2.89. The first-order valence-electron chi connectivity index (χ1n) is 7.14. The summed E-state index contributed by atoms with van der Waals surface area (Å²) < 4.78 is 15.0. The largest absolute Gasteiger partial charge is 0.494 e. The zero-order valence-electron chi connectivity index (χ0n) is 12.6. The highest BCUT2D eigenvalue weighted by molar-refractivity contribution is 5.89. The fourth-order valence-electron chi connectivity index (χ4n) is 1.75. The van der Waals surface area contributed by atoms with Crippen molar-refractivity contribution in [3.63, 3.8) is 0 Å². The van der Waals surface area contributed by atoms with Crippen molar-refractivity contribution in [2.45, 2.75) is 32.6 Å². The maximum atomic E-state index is 11.8. The summed E-state index contributed by atoms with van der Waals surface area (Å²) in [5.74, 6) is 0.184. The van der Waals surface area contributed by atoms with Crippen LogP contribution in [-0.2, 0) is 14.3 Å². The predicted octanol–water partition coefficient (Wildman–Crippen LogP) is 2.98. The van der Waals surface area contributed by atoms with E-state index in [0.29, 0.717) is 25.2 Å². The minimum absolute atomic E-state index is 0.207. The number of carbonyl (C=O) groups is 2. The van der Waals surface area contributed by atoms with Crippen molar-refractivity contribution in [1.82, 2.24) is 0 Å². The lowest BCUT2D eigenvalue weighted by Crippen LogP contribution is -2.07. The molecular formula is C16H22O5. The predicted molar refractivity (Wildman–Crippen MR) is 78.4 cm³/mol. The number of carbonyl (C=O) groups excluding carboxylic acids is 2. The fraction of sp³-hybridized carbons (Fsp3) is 0.500. The van der Waals surface area contributed by atoms with Crippen LogP contribution in [0.25, 0.3) is 0 Å². The number of hydrogen-bond donors (Lipinski definition) is 0. The van der Waals surface area contributed by atoms with Crippen molar-refractivity contribution >= 4 is 11.9 Å². The van der Waals surface area contributed by atoms with Crippen molar-refractivity contribution in [3.05, 3.63) is 29.8 Å². The molecule has 0 aliphatic rings. The van der Waals surface area contributed by atoms with Crippen LogP contribution in [0.2, 0.25) is 0 Å². The van der Waals surface area contributed by atoms with Crippen molar-refractivity contribution in [2.75, 3.05) is 20.3 Å². The van der Waals surface area contributed by atoms with E-state index in [1.807, 2.05) is 6.92 Å². The third-order valence-corrected chi connectivity index (χ3v) is 2.89. The lowest BCUT2D eigenvalue weighted by molar-refractivity contribution is -0.140. The average molecular weight is 294 g/mol. The number of hydrogen-bond acceptors (Lipinski definition) is 5. The van der Waals surface area contributed by atoms with Gasteiger partial charge in [-0.05, 0) is 50.5 Å². The zero-order chi connectivity index (χ0) is 15.5. The molecule has 1 aromatic rings. The van der Waals surface area contributed by atoms with Crippen LogP contribution >= 0.6 is 0 Å². The first-order valence-corrected chi connectivity index (χ1v) is 7.14. The van der Waals surface area contributed by atoms with Crippen LogP contribution in [0.1, 0.15) is 43.0 Å². The molecule has 1 aromatic carbocycles. The summed E-state index contributed by atoms with van der Waals surface area (Å²) in [6.45, 7) is 2.85. The molecule has 0 aliphatic heterocycles. The molecule has 0 bridgehead atoms. The first-order chi connectivity index (χ1) is 10.2. The molecule has 116 valence electrons. The van der Waals surface area contributed by atoms with E-state index < -0.39 is 0 Å². The number of unbranched alkanes of at least 4 members (excludes halogenated alkanes) is 2. The van der Waals surface area contributed by atoms with Crippen LogP contribution in [-0.4, -0.2) is 32.3 Å². The summed E-state index contributed by atoms with van der Waals surface area (Å²) in [5.41, 5.74) is 0.507. The second-order valence-corrected chi connectivity index (χ2v) is 4.48. The SMILES string of the molecule is CCOc1ccc(C(=O)OCCCCCC(=O)OC)cc1. The third kappa shape index (κ3) is 6.79. The van der Waals surface area contributed by atoms with Gasteiger partial charge in [0.15, 0.2) is 0 Å². The highest BCUT2D eigenvalue weighted by Crippen LogP contribution is 2.13. The van der Waals surface area contributed by atoms with Gasteiger partial charge in [-0.1, -0.05) is 0 Å². The molecule has 0 heterocycles. The van der Waals surface area contributed by atoms with Crippen molar-refractivity contribution in [2.24, 2.45) is 0 Å². The Morgan fingerprint density at radius 1 is 1.05 bits per heavy atom.